The number of nitrogens with zero attached hydrogens (tertiary/aromatic N) is 3. The second-order valence-electron chi connectivity index (χ2n) is 6.22. The summed E-state index contributed by atoms with van der Waals surface area (Å²) >= 11 is 0. The van der Waals surface area contributed by atoms with Gasteiger partial charge >= 0.3 is 0 Å². The number of benzene rings is 2. The van der Waals surface area contributed by atoms with Crippen molar-refractivity contribution in [2.75, 3.05) is 10.3 Å². The highest BCUT2D eigenvalue weighted by molar-refractivity contribution is 6.44. The summed E-state index contributed by atoms with van der Waals surface area (Å²) < 4.78 is 5.43. The first-order valence-corrected chi connectivity index (χ1v) is 8.41. The average Bonchev–Trinajstić information content (AvgIpc) is 3.25. The highest BCUT2D eigenvalue weighted by atomic mass is 16.3. The lowest BCUT2D eigenvalue weighted by molar-refractivity contribution is -0.119. The first-order valence-electron chi connectivity index (χ1n) is 8.41. The zero-order valence-electron chi connectivity index (χ0n) is 14.5. The molecule has 2 amide bonds. The summed E-state index contributed by atoms with van der Waals surface area (Å²) in [5.41, 5.74) is 8.30. The second-order valence-corrected chi connectivity index (χ2v) is 6.22. The van der Waals surface area contributed by atoms with Crippen LogP contribution >= 0.6 is 0 Å². The maximum absolute atomic E-state index is 12.6. The summed E-state index contributed by atoms with van der Waals surface area (Å²) in [6.45, 7) is 1.76. The molecule has 1 atom stereocenters. The Morgan fingerprint density at radius 2 is 2.00 bits per heavy atom. The van der Waals surface area contributed by atoms with E-state index < -0.39 is 11.9 Å². The van der Waals surface area contributed by atoms with Gasteiger partial charge < -0.3 is 15.5 Å². The highest BCUT2D eigenvalue weighted by Crippen LogP contribution is 2.25. The van der Waals surface area contributed by atoms with Crippen LogP contribution in [0.4, 0.5) is 11.4 Å². The molecule has 8 heteroatoms. The summed E-state index contributed by atoms with van der Waals surface area (Å²) in [5.74, 6) is -0.374. The summed E-state index contributed by atoms with van der Waals surface area (Å²) in [4.78, 5) is 28.7. The minimum atomic E-state index is -0.700. The fourth-order valence-electron chi connectivity index (χ4n) is 3.01. The minimum Gasteiger partial charge on any atom is -0.441 e. The number of hydrogen-bond acceptors (Lipinski definition) is 6. The van der Waals surface area contributed by atoms with Crippen LogP contribution in [0.25, 0.3) is 11.1 Å². The molecule has 1 aliphatic rings. The van der Waals surface area contributed by atoms with E-state index in [0.717, 1.165) is 0 Å². The van der Waals surface area contributed by atoms with Gasteiger partial charge in [0.1, 0.15) is 17.3 Å². The monoisotopic (exact) mass is 363 g/mol. The smallest absolute Gasteiger partial charge is 0.271 e. The van der Waals surface area contributed by atoms with Crippen LogP contribution in [-0.2, 0) is 9.59 Å². The number of rotatable bonds is 4. The highest BCUT2D eigenvalue weighted by Gasteiger charge is 2.34. The number of carbonyl (C=O) groups excluding carboxylic acids is 2. The molecule has 27 heavy (non-hydrogen) atoms. The van der Waals surface area contributed by atoms with E-state index in [9.17, 15) is 9.59 Å². The SMILES string of the molecule is Cc1nc2cc(NC(=O)C3=NN(c4ccccc4)[C@@H](C(N)=O)C3)ccc2o1. The summed E-state index contributed by atoms with van der Waals surface area (Å²) in [5, 5.41) is 8.60. The van der Waals surface area contributed by atoms with Gasteiger partial charge in [-0.15, -0.1) is 0 Å². The van der Waals surface area contributed by atoms with Crippen molar-refractivity contribution < 1.29 is 14.0 Å². The number of amides is 2. The van der Waals surface area contributed by atoms with Gasteiger partial charge in [-0.25, -0.2) is 4.98 Å². The van der Waals surface area contributed by atoms with E-state index in [1.54, 1.807) is 37.3 Å². The van der Waals surface area contributed by atoms with E-state index in [2.05, 4.69) is 15.4 Å². The molecule has 3 N–H and O–H groups in total. The number of oxazole rings is 1. The molecule has 136 valence electrons. The van der Waals surface area contributed by atoms with Crippen LogP contribution in [0.1, 0.15) is 12.3 Å². The molecule has 0 aliphatic carbocycles. The van der Waals surface area contributed by atoms with Crippen LogP contribution in [-0.4, -0.2) is 28.6 Å². The van der Waals surface area contributed by atoms with Crippen molar-refractivity contribution in [3.05, 3.63) is 54.4 Å². The van der Waals surface area contributed by atoms with Crippen molar-refractivity contribution >= 4 is 40.0 Å². The number of nitrogens with one attached hydrogen (secondary N) is 1. The number of carbonyl (C=O) groups is 2. The molecule has 3 aromatic rings. The van der Waals surface area contributed by atoms with Gasteiger partial charge in [-0.2, -0.15) is 5.10 Å². The summed E-state index contributed by atoms with van der Waals surface area (Å²) in [7, 11) is 0. The van der Waals surface area contributed by atoms with Gasteiger partial charge in [-0.05, 0) is 30.3 Å². The summed E-state index contributed by atoms with van der Waals surface area (Å²) in [6.07, 6.45) is 0.140. The van der Waals surface area contributed by atoms with Gasteiger partial charge in [0.2, 0.25) is 5.91 Å². The standard InChI is InChI=1S/C19H17N5O3/c1-11-21-14-9-12(7-8-17(14)27-11)22-19(26)15-10-16(18(20)25)24(23-15)13-5-3-2-4-6-13/h2-9,16H,10H2,1H3,(H2,20,25)(H,22,26)/t16-/m1/s1. The van der Waals surface area contributed by atoms with Crippen molar-refractivity contribution in [2.24, 2.45) is 10.8 Å². The van der Waals surface area contributed by atoms with Crippen LogP contribution in [0.15, 0.2) is 58.0 Å². The second kappa shape index (κ2) is 6.56. The van der Waals surface area contributed by atoms with E-state index in [4.69, 9.17) is 10.2 Å². The van der Waals surface area contributed by atoms with Crippen molar-refractivity contribution in [1.29, 1.82) is 0 Å². The number of nitrogens with two attached hydrogens (primary N) is 1. The Balaban J connectivity index is 1.57. The van der Waals surface area contributed by atoms with E-state index in [-0.39, 0.29) is 18.0 Å². The van der Waals surface area contributed by atoms with Crippen LogP contribution in [0.2, 0.25) is 0 Å². The van der Waals surface area contributed by atoms with Gasteiger partial charge in [0, 0.05) is 19.0 Å². The Bertz CT molecular complexity index is 1060. The molecule has 2 aromatic carbocycles. The topological polar surface area (TPSA) is 114 Å². The maximum atomic E-state index is 12.6. The van der Waals surface area contributed by atoms with E-state index in [0.29, 0.717) is 28.4 Å². The number of aromatic nitrogens is 1. The Morgan fingerprint density at radius 3 is 2.74 bits per heavy atom. The molecule has 0 saturated heterocycles. The zero-order valence-corrected chi connectivity index (χ0v) is 14.5. The number of aryl methyl sites for hydroxylation is 1. The first kappa shape index (κ1) is 16.8. The average molecular weight is 363 g/mol. The molecule has 0 unspecified atom stereocenters. The normalized spacial score (nSPS) is 16.4. The van der Waals surface area contributed by atoms with E-state index in [1.165, 1.54) is 5.01 Å². The zero-order chi connectivity index (χ0) is 19.0. The molecule has 0 fully saturated rings. The van der Waals surface area contributed by atoms with Gasteiger partial charge in [-0.3, -0.25) is 14.6 Å². The minimum absolute atomic E-state index is 0.140. The third kappa shape index (κ3) is 3.24. The van der Waals surface area contributed by atoms with Gasteiger partial charge in [0.25, 0.3) is 5.91 Å². The molecule has 4 rings (SSSR count). The maximum Gasteiger partial charge on any atom is 0.271 e. The number of fused-ring (bicyclic) bond motifs is 1. The fraction of sp³-hybridized carbons (Fsp3) is 0.158. The number of primary amides is 1. The van der Waals surface area contributed by atoms with Crippen molar-refractivity contribution in [3.63, 3.8) is 0 Å². The number of para-hydroxylation sites is 1. The van der Waals surface area contributed by atoms with E-state index >= 15 is 0 Å². The largest absolute Gasteiger partial charge is 0.441 e. The van der Waals surface area contributed by atoms with Crippen LogP contribution in [0, 0.1) is 6.92 Å². The van der Waals surface area contributed by atoms with Gasteiger partial charge in [0.15, 0.2) is 11.5 Å². The summed E-state index contributed by atoms with van der Waals surface area (Å²) in [6, 6.07) is 13.6. The molecule has 0 bridgehead atoms. The van der Waals surface area contributed by atoms with Crippen molar-refractivity contribution in [2.45, 2.75) is 19.4 Å². The lowest BCUT2D eigenvalue weighted by Gasteiger charge is -2.20. The molecule has 8 nitrogen and oxygen atoms in total. The molecule has 0 saturated carbocycles. The molecular weight excluding hydrogens is 346 g/mol. The number of hydrazone groups is 1. The Kier molecular flexibility index (Phi) is 4.08. The number of hydrogen-bond donors (Lipinski definition) is 2. The number of anilines is 2. The Hall–Kier alpha value is -3.68. The molecule has 1 aliphatic heterocycles. The fourth-order valence-corrected chi connectivity index (χ4v) is 3.01. The van der Waals surface area contributed by atoms with E-state index in [1.807, 2.05) is 18.2 Å². The van der Waals surface area contributed by atoms with Crippen molar-refractivity contribution in [1.82, 2.24) is 4.98 Å². The third-order valence-electron chi connectivity index (χ3n) is 4.27. The predicted octanol–water partition coefficient (Wildman–Crippen LogP) is 2.19. The van der Waals surface area contributed by atoms with Crippen LogP contribution in [0.5, 0.6) is 0 Å². The molecule has 0 spiro atoms. The Labute approximate surface area is 154 Å². The molecule has 1 aromatic heterocycles. The molecule has 0 radical (unpaired) electrons. The van der Waals surface area contributed by atoms with Gasteiger partial charge in [0.05, 0.1) is 5.69 Å². The molecule has 2 heterocycles. The van der Waals surface area contributed by atoms with Crippen molar-refractivity contribution in [3.8, 4) is 0 Å². The van der Waals surface area contributed by atoms with Crippen LogP contribution in [0.3, 0.4) is 0 Å². The quantitative estimate of drug-likeness (QED) is 0.737. The third-order valence-corrected chi connectivity index (χ3v) is 4.27. The van der Waals surface area contributed by atoms with Crippen LogP contribution < -0.4 is 16.1 Å². The molecular formula is C19H17N5O3. The van der Waals surface area contributed by atoms with Gasteiger partial charge in [-0.1, -0.05) is 18.2 Å². The lowest BCUT2D eigenvalue weighted by atomic mass is 10.1. The lowest BCUT2D eigenvalue weighted by Crippen LogP contribution is -2.39. The predicted molar refractivity (Wildman–Crippen MR) is 101 cm³/mol. The first-order chi connectivity index (χ1) is 13.0. The Morgan fingerprint density at radius 1 is 1.22 bits per heavy atom.